The average molecular weight is 430 g/mol. The highest BCUT2D eigenvalue weighted by Crippen LogP contribution is 2.22. The Balaban J connectivity index is 1.65. The molecule has 3 rings (SSSR count). The molecule has 0 saturated carbocycles. The van der Waals surface area contributed by atoms with Crippen molar-refractivity contribution in [1.82, 2.24) is 14.9 Å². The van der Waals surface area contributed by atoms with Crippen LogP contribution in [0.5, 0.6) is 5.75 Å². The van der Waals surface area contributed by atoms with Gasteiger partial charge in [-0.25, -0.2) is 23.1 Å². The molecule has 0 unspecified atom stereocenters. The molecular weight excluding hydrogens is 405 g/mol. The summed E-state index contributed by atoms with van der Waals surface area (Å²) in [5, 5.41) is 2.74. The summed E-state index contributed by atoms with van der Waals surface area (Å²) in [5.74, 6) is -1.06. The fourth-order valence-corrected chi connectivity index (χ4v) is 3.01. The van der Waals surface area contributed by atoms with Gasteiger partial charge in [0.1, 0.15) is 24.0 Å². The maximum Gasteiger partial charge on any atom is 0.183 e. The molecule has 1 heterocycles. The van der Waals surface area contributed by atoms with Gasteiger partial charge < -0.3 is 15.0 Å². The number of nitrogens with zero attached hydrogens (tertiary/aromatic N) is 3. The van der Waals surface area contributed by atoms with Crippen LogP contribution in [0.4, 0.5) is 19.0 Å². The molecule has 0 aliphatic carbocycles. The topological polar surface area (TPSA) is 50.3 Å². The van der Waals surface area contributed by atoms with E-state index < -0.39 is 17.5 Å². The van der Waals surface area contributed by atoms with Crippen molar-refractivity contribution in [2.75, 3.05) is 31.6 Å². The van der Waals surface area contributed by atoms with Crippen molar-refractivity contribution in [3.8, 4) is 17.1 Å². The van der Waals surface area contributed by atoms with Crippen molar-refractivity contribution < 1.29 is 17.9 Å². The number of rotatable bonds is 10. The van der Waals surface area contributed by atoms with Crippen LogP contribution in [0.25, 0.3) is 11.4 Å². The Morgan fingerprint density at radius 2 is 1.71 bits per heavy atom. The van der Waals surface area contributed by atoms with Crippen LogP contribution in [0.15, 0.2) is 48.7 Å². The van der Waals surface area contributed by atoms with Crippen LogP contribution >= 0.6 is 0 Å². The summed E-state index contributed by atoms with van der Waals surface area (Å²) in [6.45, 7) is 7.57. The summed E-state index contributed by atoms with van der Waals surface area (Å²) >= 11 is 0. The van der Waals surface area contributed by atoms with Gasteiger partial charge in [0.25, 0.3) is 0 Å². The van der Waals surface area contributed by atoms with Crippen molar-refractivity contribution in [3.63, 3.8) is 0 Å². The van der Waals surface area contributed by atoms with Gasteiger partial charge in [0.15, 0.2) is 17.5 Å². The molecule has 0 aliphatic heterocycles. The molecule has 0 amide bonds. The second kappa shape index (κ2) is 10.8. The lowest BCUT2D eigenvalue weighted by molar-refractivity contribution is 0.223. The van der Waals surface area contributed by atoms with Gasteiger partial charge in [0.05, 0.1) is 6.20 Å². The van der Waals surface area contributed by atoms with E-state index >= 15 is 0 Å². The van der Waals surface area contributed by atoms with Crippen molar-refractivity contribution in [2.45, 2.75) is 20.4 Å². The van der Waals surface area contributed by atoms with Crippen LogP contribution in [-0.4, -0.2) is 41.1 Å². The zero-order valence-corrected chi connectivity index (χ0v) is 17.5. The van der Waals surface area contributed by atoms with Gasteiger partial charge in [0.2, 0.25) is 0 Å². The Kier molecular flexibility index (Phi) is 7.83. The largest absolute Gasteiger partial charge is 0.492 e. The molecular formula is C23H25F3N4O. The van der Waals surface area contributed by atoms with E-state index in [1.807, 2.05) is 12.1 Å². The first-order valence-corrected chi connectivity index (χ1v) is 10.2. The molecule has 0 fully saturated rings. The lowest BCUT2D eigenvalue weighted by Gasteiger charge is -2.18. The summed E-state index contributed by atoms with van der Waals surface area (Å²) in [7, 11) is 0. The van der Waals surface area contributed by atoms with Gasteiger partial charge in [-0.05, 0) is 43.4 Å². The molecule has 1 aromatic heterocycles. The molecule has 8 heteroatoms. The lowest BCUT2D eigenvalue weighted by Crippen LogP contribution is -2.27. The van der Waals surface area contributed by atoms with E-state index in [0.717, 1.165) is 43.7 Å². The van der Waals surface area contributed by atoms with Gasteiger partial charge in [0, 0.05) is 30.3 Å². The first kappa shape index (κ1) is 22.6. The minimum absolute atomic E-state index is 0.0429. The number of halogens is 3. The molecule has 3 aromatic rings. The highest BCUT2D eigenvalue weighted by atomic mass is 19.1. The molecule has 0 radical (unpaired) electrons. The molecule has 31 heavy (non-hydrogen) atoms. The van der Waals surface area contributed by atoms with E-state index in [-0.39, 0.29) is 17.9 Å². The quantitative estimate of drug-likeness (QED) is 0.496. The summed E-state index contributed by atoms with van der Waals surface area (Å²) in [4.78, 5) is 10.5. The lowest BCUT2D eigenvalue weighted by atomic mass is 10.2. The summed E-state index contributed by atoms with van der Waals surface area (Å²) < 4.78 is 46.7. The third kappa shape index (κ3) is 6.18. The Morgan fingerprint density at radius 1 is 0.968 bits per heavy atom. The number of anilines is 1. The number of hydrogen-bond donors (Lipinski definition) is 1. The van der Waals surface area contributed by atoms with Crippen molar-refractivity contribution in [1.29, 1.82) is 0 Å². The zero-order chi connectivity index (χ0) is 22.2. The number of likely N-dealkylation sites (N-methyl/N-ethyl adjacent to an activating group) is 1. The fourth-order valence-electron chi connectivity index (χ4n) is 3.01. The molecule has 0 saturated heterocycles. The number of hydrogen-bond acceptors (Lipinski definition) is 5. The Bertz CT molecular complexity index is 995. The van der Waals surface area contributed by atoms with Gasteiger partial charge >= 0.3 is 0 Å². The van der Waals surface area contributed by atoms with Crippen LogP contribution in [0, 0.1) is 17.5 Å². The molecule has 0 bridgehead atoms. The van der Waals surface area contributed by atoms with Crippen LogP contribution in [0.1, 0.15) is 19.4 Å². The molecule has 0 aliphatic rings. The normalized spacial score (nSPS) is 11.0. The predicted octanol–water partition coefficient (Wildman–Crippen LogP) is 4.89. The summed E-state index contributed by atoms with van der Waals surface area (Å²) in [5.41, 5.74) is 0.888. The van der Waals surface area contributed by atoms with Crippen LogP contribution in [-0.2, 0) is 6.54 Å². The van der Waals surface area contributed by atoms with Crippen LogP contribution in [0.2, 0.25) is 0 Å². The number of benzene rings is 2. The Morgan fingerprint density at radius 3 is 2.39 bits per heavy atom. The smallest absolute Gasteiger partial charge is 0.183 e. The standard InChI is InChI=1S/C23H25F3N4O/c1-3-30(4-2)11-12-31-19-9-6-16(7-10-19)22-28-15-21(26)23(29-22)27-14-17-5-8-18(24)13-20(17)25/h5-10,13,15H,3-4,11-12,14H2,1-2H3,(H,27,28,29). The van der Waals surface area contributed by atoms with E-state index in [2.05, 4.69) is 34.0 Å². The van der Waals surface area contributed by atoms with E-state index in [4.69, 9.17) is 4.74 Å². The summed E-state index contributed by atoms with van der Waals surface area (Å²) in [6.07, 6.45) is 1.06. The average Bonchev–Trinajstić information content (AvgIpc) is 2.78. The molecule has 5 nitrogen and oxygen atoms in total. The van der Waals surface area contributed by atoms with Crippen molar-refractivity contribution in [2.24, 2.45) is 0 Å². The fraction of sp³-hybridized carbons (Fsp3) is 0.304. The minimum atomic E-state index is -0.709. The molecule has 2 aromatic carbocycles. The van der Waals surface area contributed by atoms with Crippen LogP contribution in [0.3, 0.4) is 0 Å². The van der Waals surface area contributed by atoms with E-state index in [9.17, 15) is 13.2 Å². The first-order valence-electron chi connectivity index (χ1n) is 10.2. The second-order valence-electron chi connectivity index (χ2n) is 6.88. The molecule has 0 spiro atoms. The molecule has 164 valence electrons. The Labute approximate surface area is 179 Å². The first-order chi connectivity index (χ1) is 15.0. The number of nitrogens with one attached hydrogen (secondary N) is 1. The van der Waals surface area contributed by atoms with E-state index in [1.54, 1.807) is 12.1 Å². The predicted molar refractivity (Wildman–Crippen MR) is 114 cm³/mol. The summed E-state index contributed by atoms with van der Waals surface area (Å²) in [6, 6.07) is 10.4. The maximum absolute atomic E-state index is 14.1. The molecule has 0 atom stereocenters. The monoisotopic (exact) mass is 430 g/mol. The van der Waals surface area contributed by atoms with Crippen LogP contribution < -0.4 is 10.1 Å². The van der Waals surface area contributed by atoms with Crippen molar-refractivity contribution >= 4 is 5.82 Å². The molecule has 1 N–H and O–H groups in total. The Hall–Kier alpha value is -3.13. The maximum atomic E-state index is 14.1. The van der Waals surface area contributed by atoms with Gasteiger partial charge in [-0.2, -0.15) is 0 Å². The van der Waals surface area contributed by atoms with Gasteiger partial charge in [-0.1, -0.05) is 19.9 Å². The number of aromatic nitrogens is 2. The SMILES string of the molecule is CCN(CC)CCOc1ccc(-c2ncc(F)c(NCc3ccc(F)cc3F)n2)cc1. The number of ether oxygens (including phenoxy) is 1. The van der Waals surface area contributed by atoms with Gasteiger partial charge in [-0.3, -0.25) is 0 Å². The second-order valence-corrected chi connectivity index (χ2v) is 6.88. The highest BCUT2D eigenvalue weighted by molar-refractivity contribution is 5.58. The van der Waals surface area contributed by atoms with E-state index in [1.165, 1.54) is 6.07 Å². The zero-order valence-electron chi connectivity index (χ0n) is 17.5. The third-order valence-corrected chi connectivity index (χ3v) is 4.89. The third-order valence-electron chi connectivity index (χ3n) is 4.89. The van der Waals surface area contributed by atoms with Gasteiger partial charge in [-0.15, -0.1) is 0 Å². The van der Waals surface area contributed by atoms with Crippen molar-refractivity contribution in [3.05, 3.63) is 71.7 Å². The highest BCUT2D eigenvalue weighted by Gasteiger charge is 2.11. The minimum Gasteiger partial charge on any atom is -0.492 e. The van der Waals surface area contributed by atoms with E-state index in [0.29, 0.717) is 18.0 Å².